The average Bonchev–Trinajstić information content (AvgIpc) is 2.39. The van der Waals surface area contributed by atoms with E-state index < -0.39 is 0 Å². The number of carbonyl (C=O) groups excluding carboxylic acids is 1. The van der Waals surface area contributed by atoms with Gasteiger partial charge >= 0.3 is 6.03 Å². The molecule has 0 heterocycles. The van der Waals surface area contributed by atoms with Crippen LogP contribution in [0.3, 0.4) is 0 Å². The van der Waals surface area contributed by atoms with Gasteiger partial charge in [0.2, 0.25) is 0 Å². The minimum Gasteiger partial charge on any atom is -0.338 e. The molecule has 2 amide bonds. The topological polar surface area (TPSA) is 41.1 Å². The molecular weight excluding hydrogens is 307 g/mol. The highest BCUT2D eigenvalue weighted by molar-refractivity contribution is 6.35. The second kappa shape index (κ2) is 7.34. The zero-order valence-electron chi connectivity index (χ0n) is 11.6. The summed E-state index contributed by atoms with van der Waals surface area (Å²) in [5.74, 6) is 0. The van der Waals surface area contributed by atoms with E-state index in [1.54, 1.807) is 18.2 Å². The third-order valence-corrected chi connectivity index (χ3v) is 3.38. The number of nitrogens with one attached hydrogen (secondary N) is 2. The van der Waals surface area contributed by atoms with E-state index in [9.17, 15) is 4.79 Å². The van der Waals surface area contributed by atoms with Gasteiger partial charge < -0.3 is 10.6 Å². The lowest BCUT2D eigenvalue weighted by Crippen LogP contribution is -2.30. The normalized spacial score (nSPS) is 10.2. The van der Waals surface area contributed by atoms with Crippen molar-refractivity contribution in [2.45, 2.75) is 13.3 Å². The van der Waals surface area contributed by atoms with Crippen LogP contribution in [-0.4, -0.2) is 12.6 Å². The molecule has 0 atom stereocenters. The van der Waals surface area contributed by atoms with Gasteiger partial charge in [-0.25, -0.2) is 4.79 Å². The van der Waals surface area contributed by atoms with Crippen molar-refractivity contribution in [2.24, 2.45) is 0 Å². The first kappa shape index (κ1) is 15.7. The highest BCUT2D eigenvalue weighted by Crippen LogP contribution is 2.22. The van der Waals surface area contributed by atoms with Gasteiger partial charge in [0.1, 0.15) is 0 Å². The summed E-state index contributed by atoms with van der Waals surface area (Å²) in [5, 5.41) is 6.46. The van der Waals surface area contributed by atoms with Gasteiger partial charge in [0.15, 0.2) is 0 Å². The van der Waals surface area contributed by atoms with Gasteiger partial charge in [0.05, 0.1) is 0 Å². The summed E-state index contributed by atoms with van der Waals surface area (Å²) in [5.41, 5.74) is 2.98. The zero-order chi connectivity index (χ0) is 15.2. The van der Waals surface area contributed by atoms with Crippen LogP contribution >= 0.6 is 23.2 Å². The molecule has 0 aromatic heterocycles. The van der Waals surface area contributed by atoms with Gasteiger partial charge in [-0.15, -0.1) is 0 Å². The molecule has 2 N–H and O–H groups in total. The lowest BCUT2D eigenvalue weighted by molar-refractivity contribution is 0.252. The van der Waals surface area contributed by atoms with E-state index in [0.29, 0.717) is 22.3 Å². The first-order chi connectivity index (χ1) is 10.0. The molecule has 110 valence electrons. The van der Waals surface area contributed by atoms with Gasteiger partial charge in [-0.2, -0.15) is 0 Å². The number of carbonyl (C=O) groups is 1. The Balaban J connectivity index is 1.80. The van der Waals surface area contributed by atoms with Crippen molar-refractivity contribution in [3.8, 4) is 0 Å². The van der Waals surface area contributed by atoms with Gasteiger partial charge in [-0.05, 0) is 37.1 Å². The number of benzene rings is 2. The fraction of sp³-hybridized carbons (Fsp3) is 0.188. The van der Waals surface area contributed by atoms with Gasteiger partial charge in [0, 0.05) is 22.3 Å². The van der Waals surface area contributed by atoms with E-state index >= 15 is 0 Å². The molecule has 5 heteroatoms. The maximum Gasteiger partial charge on any atom is 0.319 e. The number of hydrogen-bond acceptors (Lipinski definition) is 1. The maximum atomic E-state index is 11.8. The molecule has 0 aliphatic rings. The Bertz CT molecular complexity index is 606. The Morgan fingerprint density at radius 2 is 1.67 bits per heavy atom. The van der Waals surface area contributed by atoms with E-state index in [0.717, 1.165) is 6.42 Å². The summed E-state index contributed by atoms with van der Waals surface area (Å²) >= 11 is 11.7. The van der Waals surface area contributed by atoms with Crippen LogP contribution in [0.25, 0.3) is 0 Å². The zero-order valence-corrected chi connectivity index (χ0v) is 13.1. The number of halogens is 2. The van der Waals surface area contributed by atoms with Crippen LogP contribution < -0.4 is 10.6 Å². The van der Waals surface area contributed by atoms with Crippen LogP contribution in [0.15, 0.2) is 42.5 Å². The number of urea groups is 1. The van der Waals surface area contributed by atoms with Gasteiger partial charge in [0.25, 0.3) is 0 Å². The van der Waals surface area contributed by atoms with Crippen molar-refractivity contribution in [3.05, 3.63) is 63.6 Å². The maximum absolute atomic E-state index is 11.8. The van der Waals surface area contributed by atoms with E-state index in [4.69, 9.17) is 23.2 Å². The molecule has 2 aromatic rings. The van der Waals surface area contributed by atoms with E-state index in [-0.39, 0.29) is 6.03 Å². The summed E-state index contributed by atoms with van der Waals surface area (Å²) < 4.78 is 0. The second-order valence-corrected chi connectivity index (χ2v) is 5.65. The van der Waals surface area contributed by atoms with Crippen LogP contribution in [0.5, 0.6) is 0 Å². The van der Waals surface area contributed by atoms with Crippen molar-refractivity contribution in [1.82, 2.24) is 5.32 Å². The number of aryl methyl sites for hydroxylation is 1. The molecule has 0 aliphatic carbocycles. The minimum atomic E-state index is -0.277. The molecule has 2 aromatic carbocycles. The molecule has 0 saturated carbocycles. The Hall–Kier alpha value is -1.71. The Morgan fingerprint density at radius 3 is 2.29 bits per heavy atom. The Kier molecular flexibility index (Phi) is 5.48. The van der Waals surface area contributed by atoms with Crippen molar-refractivity contribution in [2.75, 3.05) is 11.9 Å². The van der Waals surface area contributed by atoms with Crippen LogP contribution in [0.1, 0.15) is 11.1 Å². The number of hydrogen-bond donors (Lipinski definition) is 2. The SMILES string of the molecule is Cc1ccc(CCNC(=O)Nc2cc(Cl)cc(Cl)c2)cc1. The van der Waals surface area contributed by atoms with Gasteiger partial charge in [-0.1, -0.05) is 53.0 Å². The number of anilines is 1. The van der Waals surface area contributed by atoms with Crippen molar-refractivity contribution in [3.63, 3.8) is 0 Å². The summed E-state index contributed by atoms with van der Waals surface area (Å²) in [4.78, 5) is 11.8. The molecule has 0 fully saturated rings. The van der Waals surface area contributed by atoms with Crippen LogP contribution in [0, 0.1) is 6.92 Å². The third-order valence-electron chi connectivity index (χ3n) is 2.94. The predicted molar refractivity (Wildman–Crippen MR) is 88.4 cm³/mol. The lowest BCUT2D eigenvalue weighted by atomic mass is 10.1. The molecule has 0 spiro atoms. The molecule has 2 rings (SSSR count). The van der Waals surface area contributed by atoms with Crippen LogP contribution in [0.2, 0.25) is 10.0 Å². The summed E-state index contributed by atoms with van der Waals surface area (Å²) in [6.07, 6.45) is 0.782. The van der Waals surface area contributed by atoms with Crippen molar-refractivity contribution >= 4 is 34.9 Å². The summed E-state index contributed by atoms with van der Waals surface area (Å²) in [6, 6.07) is 12.9. The first-order valence-electron chi connectivity index (χ1n) is 6.59. The molecular formula is C16H16Cl2N2O. The molecule has 0 aliphatic heterocycles. The number of rotatable bonds is 4. The van der Waals surface area contributed by atoms with Crippen molar-refractivity contribution in [1.29, 1.82) is 0 Å². The molecule has 3 nitrogen and oxygen atoms in total. The predicted octanol–water partition coefficient (Wildman–Crippen LogP) is 4.67. The summed E-state index contributed by atoms with van der Waals surface area (Å²) in [7, 11) is 0. The fourth-order valence-corrected chi connectivity index (χ4v) is 2.40. The van der Waals surface area contributed by atoms with Gasteiger partial charge in [-0.3, -0.25) is 0 Å². The standard InChI is InChI=1S/C16H16Cl2N2O/c1-11-2-4-12(5-3-11)6-7-19-16(21)20-15-9-13(17)8-14(18)10-15/h2-5,8-10H,6-7H2,1H3,(H2,19,20,21). The molecule has 0 radical (unpaired) electrons. The largest absolute Gasteiger partial charge is 0.338 e. The van der Waals surface area contributed by atoms with Crippen LogP contribution in [-0.2, 0) is 6.42 Å². The minimum absolute atomic E-state index is 0.277. The third kappa shape index (κ3) is 5.29. The van der Waals surface area contributed by atoms with Crippen molar-refractivity contribution < 1.29 is 4.79 Å². The quantitative estimate of drug-likeness (QED) is 0.844. The lowest BCUT2D eigenvalue weighted by Gasteiger charge is -2.08. The van der Waals surface area contributed by atoms with E-state index in [1.807, 2.05) is 6.92 Å². The van der Waals surface area contributed by atoms with E-state index in [2.05, 4.69) is 34.9 Å². The summed E-state index contributed by atoms with van der Waals surface area (Å²) in [6.45, 7) is 2.61. The first-order valence-corrected chi connectivity index (χ1v) is 7.35. The molecule has 0 unspecified atom stereocenters. The molecule has 21 heavy (non-hydrogen) atoms. The number of amides is 2. The average molecular weight is 323 g/mol. The second-order valence-electron chi connectivity index (χ2n) is 4.77. The highest BCUT2D eigenvalue weighted by atomic mass is 35.5. The Morgan fingerprint density at radius 1 is 1.05 bits per heavy atom. The molecule has 0 bridgehead atoms. The highest BCUT2D eigenvalue weighted by Gasteiger charge is 2.03. The van der Waals surface area contributed by atoms with Crippen LogP contribution in [0.4, 0.5) is 10.5 Å². The fourth-order valence-electron chi connectivity index (χ4n) is 1.88. The molecule has 0 saturated heterocycles. The monoisotopic (exact) mass is 322 g/mol. The Labute approximate surface area is 134 Å². The smallest absolute Gasteiger partial charge is 0.319 e. The van der Waals surface area contributed by atoms with E-state index in [1.165, 1.54) is 11.1 Å².